The van der Waals surface area contributed by atoms with Gasteiger partial charge < -0.3 is 10.2 Å². The van der Waals surface area contributed by atoms with Gasteiger partial charge >= 0.3 is 0 Å². The summed E-state index contributed by atoms with van der Waals surface area (Å²) in [4.78, 5) is 16.5. The first-order valence-electron chi connectivity index (χ1n) is 7.86. The summed E-state index contributed by atoms with van der Waals surface area (Å²) >= 11 is 1.65. The topological polar surface area (TPSA) is 77.7 Å². The van der Waals surface area contributed by atoms with E-state index in [2.05, 4.69) is 42.7 Å². The van der Waals surface area contributed by atoms with E-state index in [4.69, 9.17) is 5.26 Å². The normalized spacial score (nSPS) is 17.1. The van der Waals surface area contributed by atoms with Gasteiger partial charge in [0.1, 0.15) is 28.9 Å². The number of pyridine rings is 1. The van der Waals surface area contributed by atoms with E-state index in [1.807, 2.05) is 6.07 Å². The summed E-state index contributed by atoms with van der Waals surface area (Å²) in [5, 5.41) is 15.4. The summed E-state index contributed by atoms with van der Waals surface area (Å²) in [6.07, 6.45) is 4.37. The van der Waals surface area contributed by atoms with E-state index in [1.165, 1.54) is 0 Å². The van der Waals surface area contributed by atoms with Gasteiger partial charge in [0.05, 0.1) is 10.9 Å². The molecule has 24 heavy (non-hydrogen) atoms. The molecule has 0 radical (unpaired) electrons. The zero-order valence-corrected chi connectivity index (χ0v) is 13.8. The lowest BCUT2D eigenvalue weighted by molar-refractivity contribution is 0.621. The van der Waals surface area contributed by atoms with Crippen LogP contribution in [-0.2, 0) is 0 Å². The molecule has 3 aromatic heterocycles. The average molecular weight is 336 g/mol. The fourth-order valence-corrected chi connectivity index (χ4v) is 3.76. The number of nitrogens with zero attached hydrogens (tertiary/aromatic N) is 5. The van der Waals surface area contributed by atoms with E-state index < -0.39 is 0 Å². The van der Waals surface area contributed by atoms with Gasteiger partial charge in [-0.25, -0.2) is 15.0 Å². The number of hydrogen-bond acceptors (Lipinski definition) is 7. The van der Waals surface area contributed by atoms with Crippen molar-refractivity contribution in [3.05, 3.63) is 41.7 Å². The minimum Gasteiger partial charge on any atom is -0.370 e. The van der Waals surface area contributed by atoms with Crippen LogP contribution in [0.15, 0.2) is 36.1 Å². The van der Waals surface area contributed by atoms with Gasteiger partial charge in [0.25, 0.3) is 0 Å². The third-order valence-corrected chi connectivity index (χ3v) is 5.11. The second-order valence-electron chi connectivity index (χ2n) is 5.86. The minimum absolute atomic E-state index is 0.547. The van der Waals surface area contributed by atoms with Crippen molar-refractivity contribution >= 4 is 33.2 Å². The average Bonchev–Trinajstić information content (AvgIpc) is 3.29. The zero-order chi connectivity index (χ0) is 16.4. The largest absolute Gasteiger partial charge is 0.370 e. The molecule has 1 aliphatic rings. The molecule has 4 heterocycles. The summed E-state index contributed by atoms with van der Waals surface area (Å²) in [6.45, 7) is 2.85. The Morgan fingerprint density at radius 2 is 2.25 bits per heavy atom. The highest BCUT2D eigenvalue weighted by Crippen LogP contribution is 2.30. The molecule has 0 spiro atoms. The van der Waals surface area contributed by atoms with E-state index in [0.29, 0.717) is 11.5 Å². The number of nitriles is 1. The first-order chi connectivity index (χ1) is 11.8. The third kappa shape index (κ3) is 2.88. The molecule has 3 aromatic rings. The van der Waals surface area contributed by atoms with Crippen molar-refractivity contribution < 1.29 is 0 Å². The Morgan fingerprint density at radius 3 is 3.08 bits per heavy atom. The Morgan fingerprint density at radius 1 is 1.29 bits per heavy atom. The predicted molar refractivity (Wildman–Crippen MR) is 95.2 cm³/mol. The van der Waals surface area contributed by atoms with Gasteiger partial charge in [-0.3, -0.25) is 0 Å². The van der Waals surface area contributed by atoms with Crippen LogP contribution in [0.4, 0.5) is 11.6 Å². The molecular weight excluding hydrogens is 320 g/mol. The molecular formula is C17H16N6S. The molecule has 1 atom stereocenters. The molecule has 120 valence electrons. The van der Waals surface area contributed by atoms with Crippen LogP contribution >= 0.6 is 11.3 Å². The fraction of sp³-hybridized carbons (Fsp3) is 0.294. The lowest BCUT2D eigenvalue weighted by Crippen LogP contribution is -2.23. The van der Waals surface area contributed by atoms with Crippen LogP contribution in [0.3, 0.4) is 0 Å². The first-order valence-corrected chi connectivity index (χ1v) is 8.74. The summed E-state index contributed by atoms with van der Waals surface area (Å²) in [6, 6.07) is 7.81. The van der Waals surface area contributed by atoms with Crippen LogP contribution in [0.5, 0.6) is 0 Å². The molecule has 1 saturated heterocycles. The molecule has 7 heteroatoms. The van der Waals surface area contributed by atoms with Gasteiger partial charge in [-0.15, -0.1) is 11.3 Å². The van der Waals surface area contributed by atoms with Gasteiger partial charge in [0.15, 0.2) is 0 Å². The number of thiophene rings is 1. The number of aromatic nitrogens is 3. The van der Waals surface area contributed by atoms with Crippen LogP contribution in [-0.4, -0.2) is 34.6 Å². The summed E-state index contributed by atoms with van der Waals surface area (Å²) in [7, 11) is 0. The van der Waals surface area contributed by atoms with Gasteiger partial charge in [-0.2, -0.15) is 5.26 Å². The Balaban J connectivity index is 1.39. The number of rotatable bonds is 4. The molecule has 0 aromatic carbocycles. The molecule has 0 bridgehead atoms. The number of nitrogens with one attached hydrogen (secondary N) is 1. The summed E-state index contributed by atoms with van der Waals surface area (Å²) < 4.78 is 0. The quantitative estimate of drug-likeness (QED) is 0.789. The van der Waals surface area contributed by atoms with Crippen molar-refractivity contribution in [2.75, 3.05) is 29.9 Å². The molecule has 1 fully saturated rings. The third-order valence-electron chi connectivity index (χ3n) is 4.29. The minimum atomic E-state index is 0.547. The van der Waals surface area contributed by atoms with E-state index in [-0.39, 0.29) is 0 Å². The van der Waals surface area contributed by atoms with Crippen LogP contribution in [0, 0.1) is 17.2 Å². The van der Waals surface area contributed by atoms with E-state index in [1.54, 1.807) is 29.9 Å². The molecule has 0 unspecified atom stereocenters. The lowest BCUT2D eigenvalue weighted by Gasteiger charge is -2.18. The fourth-order valence-electron chi connectivity index (χ4n) is 3.03. The molecule has 1 aliphatic heterocycles. The number of anilines is 2. The van der Waals surface area contributed by atoms with E-state index in [9.17, 15) is 0 Å². The number of hydrogen-bond donors (Lipinski definition) is 1. The monoisotopic (exact) mass is 336 g/mol. The van der Waals surface area contributed by atoms with Crippen molar-refractivity contribution in [2.24, 2.45) is 5.92 Å². The van der Waals surface area contributed by atoms with Crippen molar-refractivity contribution in [2.45, 2.75) is 6.42 Å². The highest BCUT2D eigenvalue weighted by Gasteiger charge is 2.25. The summed E-state index contributed by atoms with van der Waals surface area (Å²) in [5.41, 5.74) is 0.580. The maximum Gasteiger partial charge on any atom is 0.140 e. The second-order valence-corrected chi connectivity index (χ2v) is 6.76. The smallest absolute Gasteiger partial charge is 0.140 e. The molecule has 1 N–H and O–H groups in total. The molecule has 0 amide bonds. The van der Waals surface area contributed by atoms with Crippen LogP contribution in [0.25, 0.3) is 10.2 Å². The molecule has 0 aliphatic carbocycles. The molecule has 6 nitrogen and oxygen atoms in total. The zero-order valence-electron chi connectivity index (χ0n) is 13.0. The van der Waals surface area contributed by atoms with Gasteiger partial charge in [0.2, 0.25) is 0 Å². The van der Waals surface area contributed by atoms with Crippen molar-refractivity contribution in [1.82, 2.24) is 15.0 Å². The Labute approximate surface area is 143 Å². The first kappa shape index (κ1) is 14.8. The molecule has 0 saturated carbocycles. The maximum atomic E-state index is 8.80. The number of fused-ring (bicyclic) bond motifs is 1. The maximum absolute atomic E-state index is 8.80. The highest BCUT2D eigenvalue weighted by atomic mass is 32.1. The predicted octanol–water partition coefficient (Wildman–Crippen LogP) is 2.90. The Hall–Kier alpha value is -2.72. The standard InChI is InChI=1S/C17H16N6S/c18-7-12-1-2-15(19-8-12)20-9-13-3-5-23(10-13)16-14-4-6-24-17(14)22-11-21-16/h1-2,4,6,8,11,13H,3,5,9-10H2,(H,19,20)/t13-/m0/s1. The Bertz CT molecular complexity index is 882. The van der Waals surface area contributed by atoms with E-state index in [0.717, 1.165) is 47.9 Å². The van der Waals surface area contributed by atoms with Crippen molar-refractivity contribution in [1.29, 1.82) is 5.26 Å². The molecule has 4 rings (SSSR count). The summed E-state index contributed by atoms with van der Waals surface area (Å²) in [5.74, 6) is 2.40. The van der Waals surface area contributed by atoms with Gasteiger partial charge in [-0.05, 0) is 35.9 Å². The van der Waals surface area contributed by atoms with Crippen molar-refractivity contribution in [3.8, 4) is 6.07 Å². The van der Waals surface area contributed by atoms with Gasteiger partial charge in [-0.1, -0.05) is 0 Å². The lowest BCUT2D eigenvalue weighted by atomic mass is 10.1. The Kier molecular flexibility index (Phi) is 3.97. The van der Waals surface area contributed by atoms with Crippen molar-refractivity contribution in [3.63, 3.8) is 0 Å². The SMILES string of the molecule is N#Cc1ccc(NC[C@@H]2CCN(c3ncnc4sccc34)C2)nc1. The van der Waals surface area contributed by atoms with Gasteiger partial charge in [0, 0.05) is 25.8 Å². The van der Waals surface area contributed by atoms with E-state index >= 15 is 0 Å². The van der Waals surface area contributed by atoms with Crippen LogP contribution in [0.1, 0.15) is 12.0 Å². The van der Waals surface area contributed by atoms with Crippen LogP contribution in [0.2, 0.25) is 0 Å². The van der Waals surface area contributed by atoms with Crippen LogP contribution < -0.4 is 10.2 Å². The highest BCUT2D eigenvalue weighted by molar-refractivity contribution is 7.16. The second kappa shape index (κ2) is 6.42.